The molecule has 14 heteroatoms. The second kappa shape index (κ2) is 16.1. The van der Waals surface area contributed by atoms with Crippen molar-refractivity contribution in [1.82, 2.24) is 15.2 Å². The minimum Gasteiger partial charge on any atom is -0.504 e. The zero-order chi connectivity index (χ0) is 29.7. The Bertz CT molecular complexity index is 1110. The van der Waals surface area contributed by atoms with Gasteiger partial charge in [0.2, 0.25) is 0 Å². The number of hydrogen-bond donors (Lipinski definition) is 5. The number of hydrogen-bond acceptors (Lipinski definition) is 10. The van der Waals surface area contributed by atoms with Crippen molar-refractivity contribution >= 4 is 40.2 Å². The van der Waals surface area contributed by atoms with E-state index in [1.165, 1.54) is 26.4 Å². The molecule has 0 saturated heterocycles. The number of carboxylic acid groups (broad SMARTS) is 2. The lowest BCUT2D eigenvalue weighted by molar-refractivity contribution is -0.143. The van der Waals surface area contributed by atoms with Gasteiger partial charge in [0.05, 0.1) is 32.6 Å². The van der Waals surface area contributed by atoms with E-state index in [-0.39, 0.29) is 52.4 Å². The molecule has 13 nitrogen and oxygen atoms in total. The summed E-state index contributed by atoms with van der Waals surface area (Å²) in [5.41, 5.74) is 0.343. The van der Waals surface area contributed by atoms with Crippen LogP contribution < -0.4 is 20.1 Å². The molecule has 1 heterocycles. The number of nitrogens with zero attached hydrogens (tertiary/aromatic N) is 2. The monoisotopic (exact) mass is 568 g/mol. The number of phenolic OH excluding ortho intramolecular Hbond substituents is 1. The van der Waals surface area contributed by atoms with Crippen LogP contribution in [0.25, 0.3) is 0 Å². The van der Waals surface area contributed by atoms with E-state index in [9.17, 15) is 24.3 Å². The number of methoxy groups -OCH3 is 2. The molecule has 0 aliphatic rings. The Hall–Kier alpha value is -3.91. The van der Waals surface area contributed by atoms with Crippen LogP contribution in [-0.2, 0) is 9.59 Å². The first-order valence-electron chi connectivity index (χ1n) is 12.0. The maximum Gasteiger partial charge on any atom is 0.303 e. The van der Waals surface area contributed by atoms with E-state index in [4.69, 9.17) is 19.7 Å². The summed E-state index contributed by atoms with van der Waals surface area (Å²) in [6, 6.07) is 3.44. The van der Waals surface area contributed by atoms with Crippen LogP contribution in [-0.4, -0.2) is 88.3 Å². The Balaban J connectivity index is 0.000000824. The van der Waals surface area contributed by atoms with Gasteiger partial charge in [0.15, 0.2) is 16.6 Å². The van der Waals surface area contributed by atoms with Crippen molar-refractivity contribution in [1.29, 1.82) is 0 Å². The summed E-state index contributed by atoms with van der Waals surface area (Å²) in [5.74, 6) is -2.74. The molecular formula is C25H36N4O9S. The number of aromatic nitrogens is 1. The topological polar surface area (TPSA) is 188 Å². The fourth-order valence-electron chi connectivity index (χ4n) is 3.38. The lowest BCUT2D eigenvalue weighted by Crippen LogP contribution is -2.42. The van der Waals surface area contributed by atoms with Crippen LogP contribution in [0.3, 0.4) is 0 Å². The third kappa shape index (κ3) is 11.2. The van der Waals surface area contributed by atoms with Crippen LogP contribution in [0.15, 0.2) is 17.5 Å². The van der Waals surface area contributed by atoms with Gasteiger partial charge in [-0.05, 0) is 27.7 Å². The van der Waals surface area contributed by atoms with Gasteiger partial charge < -0.3 is 30.1 Å². The van der Waals surface area contributed by atoms with Gasteiger partial charge in [-0.15, -0.1) is 11.3 Å². The first-order valence-corrected chi connectivity index (χ1v) is 12.9. The Morgan fingerprint density at radius 3 is 2.00 bits per heavy atom. The molecule has 1 aromatic heterocycles. The van der Waals surface area contributed by atoms with E-state index in [1.54, 1.807) is 5.38 Å². The molecule has 0 aliphatic heterocycles. The number of aromatic hydroxyl groups is 1. The molecular weight excluding hydrogens is 532 g/mol. The molecule has 2 amide bonds. The summed E-state index contributed by atoms with van der Waals surface area (Å²) in [5, 5.41) is 33.1. The van der Waals surface area contributed by atoms with Crippen molar-refractivity contribution in [3.8, 4) is 17.2 Å². The van der Waals surface area contributed by atoms with Crippen molar-refractivity contribution in [3.05, 3.63) is 28.8 Å². The van der Waals surface area contributed by atoms with Crippen LogP contribution in [0.4, 0.5) is 5.13 Å². The highest BCUT2D eigenvalue weighted by molar-refractivity contribution is 7.14. The first kappa shape index (κ1) is 33.1. The number of anilines is 1. The number of carbonyl (C=O) groups excluding carboxylic acids is 2. The number of phenols is 1. The standard InChI is InChI=1S/C21H30N4O5S.C4H6O4/c1-12(2)25(13(3)4)8-7-22-20(28)15-11-31-21(23-15)24-19(27)14-9-16(26)18(30-6)10-17(14)29-5;5-3(6)1-2-4(7)8/h9-13,26H,7-8H2,1-6H3,(H,22,28)(H,23,24,27);1-2H2,(H,5,6)(H,7,8). The molecule has 2 rings (SSSR count). The highest BCUT2D eigenvalue weighted by Gasteiger charge is 2.19. The number of thiazole rings is 1. The van der Waals surface area contributed by atoms with Crippen LogP contribution in [0, 0.1) is 0 Å². The van der Waals surface area contributed by atoms with Crippen LogP contribution in [0.5, 0.6) is 17.2 Å². The number of rotatable bonds is 13. The lowest BCUT2D eigenvalue weighted by atomic mass is 10.1. The van der Waals surface area contributed by atoms with Crippen LogP contribution in [0.1, 0.15) is 61.4 Å². The number of carboxylic acids is 2. The van der Waals surface area contributed by atoms with Gasteiger partial charge in [-0.2, -0.15) is 0 Å². The predicted molar refractivity (Wildman–Crippen MR) is 145 cm³/mol. The highest BCUT2D eigenvalue weighted by Crippen LogP contribution is 2.34. The maximum absolute atomic E-state index is 12.6. The van der Waals surface area contributed by atoms with Gasteiger partial charge >= 0.3 is 11.9 Å². The number of benzene rings is 1. The van der Waals surface area contributed by atoms with E-state index in [2.05, 4.69) is 48.2 Å². The second-order valence-corrected chi connectivity index (χ2v) is 9.54. The molecule has 39 heavy (non-hydrogen) atoms. The smallest absolute Gasteiger partial charge is 0.303 e. The molecule has 1 aromatic carbocycles. The van der Waals surface area contributed by atoms with Crippen molar-refractivity contribution in [3.63, 3.8) is 0 Å². The molecule has 0 saturated carbocycles. The van der Waals surface area contributed by atoms with E-state index in [0.717, 1.165) is 17.9 Å². The Kier molecular flexibility index (Phi) is 13.7. The van der Waals surface area contributed by atoms with Crippen molar-refractivity contribution in [2.45, 2.75) is 52.6 Å². The molecule has 0 unspecified atom stereocenters. The zero-order valence-corrected chi connectivity index (χ0v) is 23.6. The summed E-state index contributed by atoms with van der Waals surface area (Å²) in [6.07, 6.45) is -0.593. The van der Waals surface area contributed by atoms with Crippen molar-refractivity contribution in [2.75, 3.05) is 32.6 Å². The fraction of sp³-hybridized carbons (Fsp3) is 0.480. The average Bonchev–Trinajstić information content (AvgIpc) is 3.33. The quantitative estimate of drug-likeness (QED) is 0.239. The minimum absolute atomic E-state index is 0.115. The van der Waals surface area contributed by atoms with Gasteiger partial charge in [-0.1, -0.05) is 0 Å². The number of nitrogens with one attached hydrogen (secondary N) is 2. The minimum atomic E-state index is -1.08. The molecule has 5 N–H and O–H groups in total. The van der Waals surface area contributed by atoms with E-state index in [1.807, 2.05) is 0 Å². The Morgan fingerprint density at radius 1 is 0.949 bits per heavy atom. The van der Waals surface area contributed by atoms with Crippen molar-refractivity contribution < 1.29 is 44.0 Å². The normalized spacial score (nSPS) is 10.6. The third-order valence-corrected chi connectivity index (χ3v) is 6.00. The van der Waals surface area contributed by atoms with Crippen molar-refractivity contribution in [2.24, 2.45) is 0 Å². The van der Waals surface area contributed by atoms with Crippen LogP contribution >= 0.6 is 11.3 Å². The largest absolute Gasteiger partial charge is 0.504 e. The average molecular weight is 569 g/mol. The molecule has 0 atom stereocenters. The molecule has 0 fully saturated rings. The Labute approximate surface area is 230 Å². The van der Waals surface area contributed by atoms with E-state index < -0.39 is 17.8 Å². The zero-order valence-electron chi connectivity index (χ0n) is 22.8. The number of aliphatic carboxylic acids is 2. The summed E-state index contributed by atoms with van der Waals surface area (Å²) >= 11 is 1.13. The lowest BCUT2D eigenvalue weighted by Gasteiger charge is -2.30. The summed E-state index contributed by atoms with van der Waals surface area (Å²) in [6.45, 7) is 9.71. The number of carbonyl (C=O) groups is 4. The fourth-order valence-corrected chi connectivity index (χ4v) is 4.06. The first-order chi connectivity index (χ1) is 18.3. The van der Waals surface area contributed by atoms with Gasteiger partial charge in [-0.25, -0.2) is 4.98 Å². The molecule has 0 aliphatic carbocycles. The van der Waals surface area contributed by atoms with Crippen LogP contribution in [0.2, 0.25) is 0 Å². The van der Waals surface area contributed by atoms with Gasteiger partial charge in [-0.3, -0.25) is 29.4 Å². The third-order valence-electron chi connectivity index (χ3n) is 5.24. The summed E-state index contributed by atoms with van der Waals surface area (Å²) in [7, 11) is 2.81. The molecule has 216 valence electrons. The van der Waals surface area contributed by atoms with E-state index >= 15 is 0 Å². The molecule has 0 spiro atoms. The molecule has 0 bridgehead atoms. The van der Waals surface area contributed by atoms with Gasteiger partial charge in [0.1, 0.15) is 11.4 Å². The summed E-state index contributed by atoms with van der Waals surface area (Å²) < 4.78 is 10.2. The highest BCUT2D eigenvalue weighted by atomic mass is 32.1. The van der Waals surface area contributed by atoms with E-state index in [0.29, 0.717) is 18.6 Å². The Morgan fingerprint density at radius 2 is 1.51 bits per heavy atom. The second-order valence-electron chi connectivity index (χ2n) is 8.69. The summed E-state index contributed by atoms with van der Waals surface area (Å²) in [4.78, 5) is 50.8. The number of ether oxygens (including phenoxy) is 2. The van der Waals surface area contributed by atoms with Gasteiger partial charge in [0.25, 0.3) is 11.8 Å². The predicted octanol–water partition coefficient (Wildman–Crippen LogP) is 2.90. The molecule has 0 radical (unpaired) electrons. The number of amides is 2. The molecule has 2 aromatic rings. The van der Waals surface area contributed by atoms with Gasteiger partial charge in [0, 0.05) is 42.7 Å². The SMILES string of the molecule is COc1cc(OC)c(C(=O)Nc2nc(C(=O)NCCN(C(C)C)C(C)C)cs2)cc1O.O=C(O)CCC(=O)O. The maximum atomic E-state index is 12.6.